The van der Waals surface area contributed by atoms with Crippen LogP contribution >= 0.6 is 0 Å². The number of pyridine rings is 1. The smallest absolute Gasteiger partial charge is 0.254 e. The fraction of sp³-hybridized carbons (Fsp3) is 0.308. The van der Waals surface area contributed by atoms with Gasteiger partial charge in [-0.1, -0.05) is 36.9 Å². The summed E-state index contributed by atoms with van der Waals surface area (Å²) < 4.78 is 13.8. The molecule has 190 valence electrons. The molecule has 1 aliphatic carbocycles. The first kappa shape index (κ1) is 24.2. The van der Waals surface area contributed by atoms with Crippen LogP contribution in [0.1, 0.15) is 30.3 Å². The van der Waals surface area contributed by atoms with Crippen LogP contribution in [0.25, 0.3) is 10.9 Å². The zero-order chi connectivity index (χ0) is 25.9. The van der Waals surface area contributed by atoms with Crippen molar-refractivity contribution in [2.45, 2.75) is 33.3 Å². The molecule has 11 heteroatoms. The molecule has 5 rings (SSSR count). The molecule has 2 N–H and O–H groups in total. The van der Waals surface area contributed by atoms with E-state index in [0.29, 0.717) is 46.7 Å². The Kier molecular flexibility index (Phi) is 6.67. The number of hydrazone groups is 1. The van der Waals surface area contributed by atoms with Gasteiger partial charge in [0.1, 0.15) is 18.1 Å². The summed E-state index contributed by atoms with van der Waals surface area (Å²) >= 11 is 0. The van der Waals surface area contributed by atoms with Crippen molar-refractivity contribution < 1.29 is 9.47 Å². The Balaban J connectivity index is 1.55. The first-order chi connectivity index (χ1) is 17.9. The van der Waals surface area contributed by atoms with Crippen LogP contribution < -0.4 is 20.5 Å². The monoisotopic (exact) mass is 500 g/mol. The molecule has 1 aliphatic heterocycles. The lowest BCUT2D eigenvalue weighted by Crippen LogP contribution is -2.24. The number of aromatic amines is 1. The molecule has 0 spiro atoms. The molecule has 0 radical (unpaired) electrons. The highest BCUT2D eigenvalue weighted by Gasteiger charge is 2.20. The second-order valence-electron chi connectivity index (χ2n) is 9.14. The summed E-state index contributed by atoms with van der Waals surface area (Å²) in [4.78, 5) is 17.8. The molecule has 37 heavy (non-hydrogen) atoms. The van der Waals surface area contributed by atoms with E-state index in [1.165, 1.54) is 0 Å². The van der Waals surface area contributed by atoms with Crippen LogP contribution in [-0.2, 0) is 20.1 Å². The first-order valence-corrected chi connectivity index (χ1v) is 12.0. The van der Waals surface area contributed by atoms with Gasteiger partial charge < -0.3 is 14.0 Å². The maximum atomic E-state index is 13.5. The van der Waals surface area contributed by atoms with Gasteiger partial charge in [0.2, 0.25) is 5.82 Å². The molecule has 2 aromatic heterocycles. The summed E-state index contributed by atoms with van der Waals surface area (Å²) in [5, 5.41) is 18.8. The van der Waals surface area contributed by atoms with E-state index >= 15 is 0 Å². The van der Waals surface area contributed by atoms with Crippen LogP contribution in [0.3, 0.4) is 0 Å². The van der Waals surface area contributed by atoms with Crippen molar-refractivity contribution in [1.82, 2.24) is 30.6 Å². The second-order valence-corrected chi connectivity index (χ2v) is 9.14. The third-order valence-electron chi connectivity index (χ3n) is 6.39. The van der Waals surface area contributed by atoms with Gasteiger partial charge in [0.05, 0.1) is 17.4 Å². The minimum atomic E-state index is -0.0526. The van der Waals surface area contributed by atoms with Crippen LogP contribution in [0.15, 0.2) is 63.1 Å². The van der Waals surface area contributed by atoms with Crippen molar-refractivity contribution in [2.75, 3.05) is 6.61 Å². The Morgan fingerprint density at radius 3 is 2.81 bits per heavy atom. The van der Waals surface area contributed by atoms with Gasteiger partial charge in [0, 0.05) is 36.6 Å². The zero-order valence-corrected chi connectivity index (χ0v) is 21.0. The third kappa shape index (κ3) is 5.20. The predicted molar refractivity (Wildman–Crippen MR) is 141 cm³/mol. The molecule has 3 heterocycles. The fourth-order valence-electron chi connectivity index (χ4n) is 4.30. The number of benzene rings is 1. The highest BCUT2D eigenvalue weighted by molar-refractivity contribution is 5.97. The third-order valence-corrected chi connectivity index (χ3v) is 6.39. The normalized spacial score (nSPS) is 16.9. The number of H-pyrrole nitrogens is 1. The SMILES string of the molecule is C=C1C=NC(COc2cc(OCc3nn[nH]n3)cc3c2c(C)c(CC2=CCC(C)C=C2)c(=O)n3C)=NN1. The van der Waals surface area contributed by atoms with E-state index < -0.39 is 0 Å². The number of hydrogen-bond donors (Lipinski definition) is 2. The molecular formula is C26H28N8O3. The topological polar surface area (TPSA) is 132 Å². The van der Waals surface area contributed by atoms with E-state index in [9.17, 15) is 4.79 Å². The van der Waals surface area contributed by atoms with Gasteiger partial charge in [-0.05, 0) is 30.4 Å². The molecule has 3 aromatic rings. The largest absolute Gasteiger partial charge is 0.485 e. The Morgan fingerprint density at radius 2 is 2.11 bits per heavy atom. The Hall–Kier alpha value is -4.54. The van der Waals surface area contributed by atoms with E-state index in [1.54, 1.807) is 23.9 Å². The van der Waals surface area contributed by atoms with E-state index in [0.717, 1.165) is 28.5 Å². The Labute approximate surface area is 213 Å². The van der Waals surface area contributed by atoms with E-state index in [1.807, 2.05) is 13.0 Å². The number of nitrogens with zero attached hydrogens (tertiary/aromatic N) is 6. The number of aryl methyl sites for hydroxylation is 2. The molecule has 1 atom stereocenters. The van der Waals surface area contributed by atoms with E-state index in [-0.39, 0.29) is 18.8 Å². The van der Waals surface area contributed by atoms with E-state index in [4.69, 9.17) is 9.47 Å². The lowest BCUT2D eigenvalue weighted by molar-refractivity contribution is 0.293. The maximum absolute atomic E-state index is 13.5. The minimum Gasteiger partial charge on any atom is -0.485 e. The average molecular weight is 501 g/mol. The van der Waals surface area contributed by atoms with Crippen LogP contribution in [0.2, 0.25) is 0 Å². The molecule has 0 saturated heterocycles. The maximum Gasteiger partial charge on any atom is 0.254 e. The summed E-state index contributed by atoms with van der Waals surface area (Å²) in [7, 11) is 1.76. The first-order valence-electron chi connectivity index (χ1n) is 12.0. The van der Waals surface area contributed by atoms with Gasteiger partial charge >= 0.3 is 0 Å². The van der Waals surface area contributed by atoms with Crippen molar-refractivity contribution in [1.29, 1.82) is 0 Å². The van der Waals surface area contributed by atoms with Gasteiger partial charge in [0.25, 0.3) is 5.56 Å². The van der Waals surface area contributed by atoms with E-state index in [2.05, 4.69) is 67.9 Å². The van der Waals surface area contributed by atoms with Gasteiger partial charge in [-0.2, -0.15) is 10.3 Å². The minimum absolute atomic E-state index is 0.0526. The number of rotatable bonds is 8. The average Bonchev–Trinajstić information content (AvgIpc) is 3.43. The number of amidine groups is 1. The van der Waals surface area contributed by atoms with Crippen molar-refractivity contribution in [3.8, 4) is 11.5 Å². The Bertz CT molecular complexity index is 1530. The number of allylic oxidation sites excluding steroid dienone is 5. The van der Waals surface area contributed by atoms with Gasteiger partial charge in [0.15, 0.2) is 12.4 Å². The molecule has 11 nitrogen and oxygen atoms in total. The van der Waals surface area contributed by atoms with Crippen molar-refractivity contribution in [2.24, 2.45) is 23.1 Å². The summed E-state index contributed by atoms with van der Waals surface area (Å²) in [6.45, 7) is 8.13. The van der Waals surface area contributed by atoms with Gasteiger partial charge in [-0.15, -0.1) is 10.2 Å². The van der Waals surface area contributed by atoms with Crippen LogP contribution in [0.4, 0.5) is 0 Å². The number of hydrogen-bond acceptors (Lipinski definition) is 9. The van der Waals surface area contributed by atoms with Gasteiger partial charge in [-0.25, -0.2) is 4.99 Å². The highest BCUT2D eigenvalue weighted by Crippen LogP contribution is 2.35. The molecule has 0 bridgehead atoms. The van der Waals surface area contributed by atoms with Crippen molar-refractivity contribution >= 4 is 23.0 Å². The van der Waals surface area contributed by atoms with Crippen LogP contribution in [-0.4, -0.2) is 43.8 Å². The van der Waals surface area contributed by atoms with Crippen molar-refractivity contribution in [3.63, 3.8) is 0 Å². The summed E-state index contributed by atoms with van der Waals surface area (Å²) in [6, 6.07) is 3.62. The van der Waals surface area contributed by atoms with Crippen molar-refractivity contribution in [3.05, 3.63) is 75.5 Å². The standard InChI is InChI=1S/C26H28N8O3/c1-15-5-7-18(8-6-15)9-20-17(3)25-21(34(4)26(20)35)10-19(36-14-24-30-32-33-31-24)11-22(25)37-13-23-27-12-16(2)28-29-23/h5,7-8,10-12,15,28H,2,6,9,13-14H2,1,3-4H3,(H,30,31,32,33). The molecule has 0 fully saturated rings. The summed E-state index contributed by atoms with van der Waals surface area (Å²) in [6.07, 6.45) is 9.62. The van der Waals surface area contributed by atoms with Crippen LogP contribution in [0, 0.1) is 12.8 Å². The highest BCUT2D eigenvalue weighted by atomic mass is 16.5. The lowest BCUT2D eigenvalue weighted by atomic mass is 9.92. The number of ether oxygens (including phenoxy) is 2. The predicted octanol–water partition coefficient (Wildman–Crippen LogP) is 2.88. The number of aromatic nitrogens is 5. The quantitative estimate of drug-likeness (QED) is 0.486. The van der Waals surface area contributed by atoms with Crippen LogP contribution in [0.5, 0.6) is 11.5 Å². The summed E-state index contributed by atoms with van der Waals surface area (Å²) in [5.74, 6) is 2.43. The lowest BCUT2D eigenvalue weighted by Gasteiger charge is -2.19. The zero-order valence-electron chi connectivity index (χ0n) is 21.0. The molecule has 1 aromatic carbocycles. The molecule has 0 amide bonds. The fourth-order valence-corrected chi connectivity index (χ4v) is 4.30. The molecule has 2 aliphatic rings. The molecule has 0 saturated carbocycles. The number of tetrazole rings is 1. The molecule has 1 unspecified atom stereocenters. The second kappa shape index (κ2) is 10.2. The number of nitrogens with one attached hydrogen (secondary N) is 2. The summed E-state index contributed by atoms with van der Waals surface area (Å²) in [5.41, 5.74) is 6.77. The van der Waals surface area contributed by atoms with Gasteiger partial charge in [-0.3, -0.25) is 10.2 Å². The molecular weight excluding hydrogens is 472 g/mol. The Morgan fingerprint density at radius 1 is 1.24 bits per heavy atom. The number of fused-ring (bicyclic) bond motifs is 1. The number of aliphatic imine (C=N–C) groups is 1.